The minimum absolute atomic E-state index is 0.347. The van der Waals surface area contributed by atoms with Crippen molar-refractivity contribution in [3.8, 4) is 0 Å². The topological polar surface area (TPSA) is 38.0 Å². The van der Waals surface area contributed by atoms with Gasteiger partial charge >= 0.3 is 0 Å². The van der Waals surface area contributed by atoms with Crippen molar-refractivity contribution in [3.05, 3.63) is 21.3 Å². The molecule has 0 aliphatic heterocycles. The first-order chi connectivity index (χ1) is 8.24. The summed E-state index contributed by atoms with van der Waals surface area (Å²) in [6.45, 7) is 2.77. The van der Waals surface area contributed by atoms with Crippen molar-refractivity contribution in [2.45, 2.75) is 38.6 Å². The number of nitrogens with two attached hydrogens (primary N) is 1. The first-order valence-electron chi connectivity index (χ1n) is 6.39. The third kappa shape index (κ3) is 3.68. The highest BCUT2D eigenvalue weighted by Crippen LogP contribution is 2.34. The van der Waals surface area contributed by atoms with Crippen LogP contribution in [0, 0.1) is 5.41 Å². The number of hydrogen-bond acceptors (Lipinski definition) is 3. The van der Waals surface area contributed by atoms with E-state index in [1.807, 2.05) is 6.07 Å². The van der Waals surface area contributed by atoms with E-state index in [1.165, 1.54) is 37.0 Å². The van der Waals surface area contributed by atoms with E-state index in [9.17, 15) is 0 Å². The summed E-state index contributed by atoms with van der Waals surface area (Å²) in [4.78, 5) is 1.30. The van der Waals surface area contributed by atoms with Gasteiger partial charge in [0.15, 0.2) is 0 Å². The summed E-state index contributed by atoms with van der Waals surface area (Å²) in [7, 11) is 0. The van der Waals surface area contributed by atoms with E-state index < -0.39 is 0 Å². The fourth-order valence-electron chi connectivity index (χ4n) is 2.65. The zero-order chi connectivity index (χ0) is 12.1. The molecule has 1 heterocycles. The van der Waals surface area contributed by atoms with Crippen LogP contribution in [0.2, 0.25) is 4.34 Å². The molecule has 1 saturated carbocycles. The predicted molar refractivity (Wildman–Crippen MR) is 75.6 cm³/mol. The van der Waals surface area contributed by atoms with E-state index >= 15 is 0 Å². The maximum Gasteiger partial charge on any atom is 0.0931 e. The van der Waals surface area contributed by atoms with Gasteiger partial charge in [0.1, 0.15) is 0 Å². The molecule has 3 N–H and O–H groups in total. The summed E-state index contributed by atoms with van der Waals surface area (Å²) in [5, 5.41) is 3.55. The molecule has 0 unspecified atom stereocenters. The molecule has 1 aromatic rings. The molecule has 0 spiro atoms. The number of hydrogen-bond donors (Lipinski definition) is 2. The zero-order valence-electron chi connectivity index (χ0n) is 10.2. The quantitative estimate of drug-likeness (QED) is 0.862. The van der Waals surface area contributed by atoms with Gasteiger partial charge in [-0.3, -0.25) is 0 Å². The second-order valence-electron chi connectivity index (χ2n) is 5.07. The highest BCUT2D eigenvalue weighted by Gasteiger charge is 2.29. The Morgan fingerprint density at radius 1 is 1.29 bits per heavy atom. The van der Waals surface area contributed by atoms with Gasteiger partial charge in [0.25, 0.3) is 0 Å². The van der Waals surface area contributed by atoms with Crippen molar-refractivity contribution in [1.29, 1.82) is 0 Å². The van der Waals surface area contributed by atoms with Crippen molar-refractivity contribution in [1.82, 2.24) is 5.32 Å². The van der Waals surface area contributed by atoms with Crippen molar-refractivity contribution >= 4 is 22.9 Å². The first-order valence-corrected chi connectivity index (χ1v) is 7.59. The molecular formula is C13H21ClN2S. The maximum atomic E-state index is 5.96. The summed E-state index contributed by atoms with van der Waals surface area (Å²) in [6.07, 6.45) is 6.61. The predicted octanol–water partition coefficient (Wildman–Crippen LogP) is 3.40. The van der Waals surface area contributed by atoms with Gasteiger partial charge in [-0.25, -0.2) is 0 Å². The van der Waals surface area contributed by atoms with E-state index in [1.54, 1.807) is 11.3 Å². The van der Waals surface area contributed by atoms with Gasteiger partial charge in [-0.1, -0.05) is 30.9 Å². The normalized spacial score (nSPS) is 19.4. The van der Waals surface area contributed by atoms with E-state index in [0.29, 0.717) is 5.41 Å². The van der Waals surface area contributed by atoms with Crippen LogP contribution in [-0.2, 0) is 6.54 Å². The molecule has 1 aliphatic rings. The van der Waals surface area contributed by atoms with Crippen molar-refractivity contribution in [3.63, 3.8) is 0 Å². The average molecular weight is 273 g/mol. The Balaban J connectivity index is 1.79. The Labute approximate surface area is 113 Å². The second kappa shape index (κ2) is 6.19. The van der Waals surface area contributed by atoms with Crippen LogP contribution in [0.5, 0.6) is 0 Å². The van der Waals surface area contributed by atoms with Gasteiger partial charge in [0.2, 0.25) is 0 Å². The van der Waals surface area contributed by atoms with Gasteiger partial charge in [-0.15, -0.1) is 11.3 Å². The van der Waals surface area contributed by atoms with Gasteiger partial charge in [0, 0.05) is 18.0 Å². The second-order valence-corrected chi connectivity index (χ2v) is 6.87. The third-order valence-electron chi connectivity index (χ3n) is 3.78. The molecule has 17 heavy (non-hydrogen) atoms. The van der Waals surface area contributed by atoms with Crippen LogP contribution in [0.3, 0.4) is 0 Å². The lowest BCUT2D eigenvalue weighted by Gasteiger charge is -2.36. The summed E-state index contributed by atoms with van der Waals surface area (Å²) in [5.41, 5.74) is 6.31. The SMILES string of the molecule is NCC1(CNCc2ccc(Cl)s2)CCCCC1. The van der Waals surface area contributed by atoms with Crippen LogP contribution in [0.1, 0.15) is 37.0 Å². The maximum absolute atomic E-state index is 5.96. The fourth-order valence-corrected chi connectivity index (χ4v) is 3.71. The van der Waals surface area contributed by atoms with Gasteiger partial charge in [-0.2, -0.15) is 0 Å². The number of rotatable bonds is 5. The number of nitrogens with one attached hydrogen (secondary N) is 1. The van der Waals surface area contributed by atoms with E-state index in [2.05, 4.69) is 11.4 Å². The van der Waals surface area contributed by atoms with Crippen LogP contribution in [0.15, 0.2) is 12.1 Å². The minimum atomic E-state index is 0.347. The van der Waals surface area contributed by atoms with Gasteiger partial charge in [-0.05, 0) is 36.9 Å². The molecule has 0 amide bonds. The van der Waals surface area contributed by atoms with Crippen LogP contribution < -0.4 is 11.1 Å². The molecule has 0 aromatic carbocycles. The van der Waals surface area contributed by atoms with Crippen molar-refractivity contribution in [2.75, 3.05) is 13.1 Å². The fraction of sp³-hybridized carbons (Fsp3) is 0.692. The van der Waals surface area contributed by atoms with Crippen molar-refractivity contribution in [2.24, 2.45) is 11.1 Å². The lowest BCUT2D eigenvalue weighted by atomic mass is 9.74. The van der Waals surface area contributed by atoms with Crippen LogP contribution >= 0.6 is 22.9 Å². The molecule has 0 atom stereocenters. The standard InChI is InChI=1S/C13H21ClN2S/c14-12-5-4-11(17-12)8-16-10-13(9-15)6-2-1-3-7-13/h4-5,16H,1-3,6-10,15H2. The first kappa shape index (κ1) is 13.3. The third-order valence-corrected chi connectivity index (χ3v) is 5.01. The Morgan fingerprint density at radius 3 is 2.65 bits per heavy atom. The molecule has 2 nitrogen and oxygen atoms in total. The van der Waals surface area contributed by atoms with E-state index in [-0.39, 0.29) is 0 Å². The molecule has 0 saturated heterocycles. The van der Waals surface area contributed by atoms with Crippen LogP contribution in [-0.4, -0.2) is 13.1 Å². The molecule has 1 aromatic heterocycles. The van der Waals surface area contributed by atoms with E-state index in [4.69, 9.17) is 17.3 Å². The van der Waals surface area contributed by atoms with Crippen LogP contribution in [0.25, 0.3) is 0 Å². The highest BCUT2D eigenvalue weighted by atomic mass is 35.5. The van der Waals surface area contributed by atoms with E-state index in [0.717, 1.165) is 24.0 Å². The molecule has 0 bridgehead atoms. The summed E-state index contributed by atoms with van der Waals surface area (Å²) in [6, 6.07) is 4.05. The highest BCUT2D eigenvalue weighted by molar-refractivity contribution is 7.16. The average Bonchev–Trinajstić information content (AvgIpc) is 2.76. The molecule has 1 aliphatic carbocycles. The number of thiophene rings is 1. The summed E-state index contributed by atoms with van der Waals surface area (Å²) < 4.78 is 0.869. The molecule has 0 radical (unpaired) electrons. The minimum Gasteiger partial charge on any atom is -0.330 e. The van der Waals surface area contributed by atoms with Crippen molar-refractivity contribution < 1.29 is 0 Å². The largest absolute Gasteiger partial charge is 0.330 e. The summed E-state index contributed by atoms with van der Waals surface area (Å²) >= 11 is 7.57. The lowest BCUT2D eigenvalue weighted by molar-refractivity contribution is 0.191. The van der Waals surface area contributed by atoms with Gasteiger partial charge < -0.3 is 11.1 Å². The van der Waals surface area contributed by atoms with Crippen LogP contribution in [0.4, 0.5) is 0 Å². The summed E-state index contributed by atoms with van der Waals surface area (Å²) in [5.74, 6) is 0. The smallest absolute Gasteiger partial charge is 0.0931 e. The lowest BCUT2D eigenvalue weighted by Crippen LogP contribution is -2.41. The Morgan fingerprint density at radius 2 is 2.06 bits per heavy atom. The number of halogens is 1. The Kier molecular flexibility index (Phi) is 4.86. The molecule has 1 fully saturated rings. The Bertz CT molecular complexity index is 345. The van der Waals surface area contributed by atoms with Gasteiger partial charge in [0.05, 0.1) is 4.34 Å². The Hall–Kier alpha value is -0.0900. The molecule has 96 valence electrons. The molecular weight excluding hydrogens is 252 g/mol. The molecule has 4 heteroatoms. The molecule has 2 rings (SSSR count). The zero-order valence-corrected chi connectivity index (χ0v) is 11.7. The monoisotopic (exact) mass is 272 g/mol.